The maximum Gasteiger partial charge on any atom is 0.185 e. The van der Waals surface area contributed by atoms with Crippen molar-refractivity contribution < 1.29 is 4.79 Å². The zero-order chi connectivity index (χ0) is 13.9. The molecule has 3 aromatic rings. The van der Waals surface area contributed by atoms with Crippen LogP contribution < -0.4 is 0 Å². The molecule has 2 heterocycles. The van der Waals surface area contributed by atoms with Crippen molar-refractivity contribution in [3.8, 4) is 0 Å². The largest absolute Gasteiger partial charge is 0.292 e. The Kier molecular flexibility index (Phi) is 3.56. The highest BCUT2D eigenvalue weighted by Gasteiger charge is 2.10. The van der Waals surface area contributed by atoms with Gasteiger partial charge >= 0.3 is 0 Å². The summed E-state index contributed by atoms with van der Waals surface area (Å²) in [6.07, 6.45) is 3.70. The third kappa shape index (κ3) is 2.60. The van der Waals surface area contributed by atoms with Crippen molar-refractivity contribution in [3.05, 3.63) is 70.6 Å². The Morgan fingerprint density at radius 2 is 1.90 bits per heavy atom. The van der Waals surface area contributed by atoms with Gasteiger partial charge in [-0.25, -0.2) is 0 Å². The Bertz CT molecular complexity index is 764. The zero-order valence-electron chi connectivity index (χ0n) is 10.6. The van der Waals surface area contributed by atoms with E-state index in [2.05, 4.69) is 25.9 Å². The summed E-state index contributed by atoms with van der Waals surface area (Å²) in [5, 5.41) is 1.01. The summed E-state index contributed by atoms with van der Waals surface area (Å²) in [7, 11) is 0. The monoisotopic (exact) mass is 326 g/mol. The summed E-state index contributed by atoms with van der Waals surface area (Å²) in [5.74, 6) is 0.00820. The molecule has 0 aliphatic rings. The molecule has 3 rings (SSSR count). The molecule has 0 N–H and O–H groups in total. The third-order valence-corrected chi connectivity index (χ3v) is 3.57. The summed E-state index contributed by atoms with van der Waals surface area (Å²) in [4.78, 5) is 20.7. The van der Waals surface area contributed by atoms with Gasteiger partial charge in [0, 0.05) is 28.7 Å². The minimum absolute atomic E-state index is 0.00820. The number of halogens is 1. The number of carbonyl (C=O) groups is 1. The van der Waals surface area contributed by atoms with E-state index in [0.717, 1.165) is 20.9 Å². The zero-order valence-corrected chi connectivity index (χ0v) is 12.2. The molecule has 0 amide bonds. The molecule has 3 nitrogen and oxygen atoms in total. The van der Waals surface area contributed by atoms with Crippen molar-refractivity contribution in [1.82, 2.24) is 9.97 Å². The average molecular weight is 327 g/mol. The van der Waals surface area contributed by atoms with E-state index in [-0.39, 0.29) is 5.78 Å². The number of ketones is 1. The van der Waals surface area contributed by atoms with E-state index in [9.17, 15) is 4.79 Å². The highest BCUT2D eigenvalue weighted by atomic mass is 79.9. The van der Waals surface area contributed by atoms with E-state index in [1.807, 2.05) is 36.4 Å². The van der Waals surface area contributed by atoms with E-state index < -0.39 is 0 Å². The lowest BCUT2D eigenvalue weighted by Crippen LogP contribution is -2.06. The van der Waals surface area contributed by atoms with Gasteiger partial charge in [-0.3, -0.25) is 14.8 Å². The Morgan fingerprint density at radius 1 is 1.05 bits per heavy atom. The predicted octanol–water partition coefficient (Wildman–Crippen LogP) is 3.82. The van der Waals surface area contributed by atoms with E-state index in [0.29, 0.717) is 12.1 Å². The number of rotatable bonds is 3. The van der Waals surface area contributed by atoms with Crippen LogP contribution in [-0.4, -0.2) is 15.8 Å². The van der Waals surface area contributed by atoms with Crippen molar-refractivity contribution in [2.45, 2.75) is 6.42 Å². The molecule has 0 aliphatic heterocycles. The maximum atomic E-state index is 12.3. The van der Waals surface area contributed by atoms with Crippen molar-refractivity contribution in [2.24, 2.45) is 0 Å². The normalized spacial score (nSPS) is 10.7. The first-order valence-electron chi connectivity index (χ1n) is 6.21. The van der Waals surface area contributed by atoms with Gasteiger partial charge in [-0.05, 0) is 45.8 Å². The van der Waals surface area contributed by atoms with Gasteiger partial charge in [0.1, 0.15) is 5.69 Å². The van der Waals surface area contributed by atoms with Gasteiger partial charge < -0.3 is 0 Å². The number of benzene rings is 1. The number of hydrogen-bond donors (Lipinski definition) is 0. The predicted molar refractivity (Wildman–Crippen MR) is 81.7 cm³/mol. The van der Waals surface area contributed by atoms with Crippen molar-refractivity contribution in [1.29, 1.82) is 0 Å². The first-order chi connectivity index (χ1) is 9.74. The van der Waals surface area contributed by atoms with Crippen molar-refractivity contribution >= 4 is 32.6 Å². The van der Waals surface area contributed by atoms with Crippen molar-refractivity contribution in [3.63, 3.8) is 0 Å². The van der Waals surface area contributed by atoms with Gasteiger partial charge in [-0.1, -0.05) is 18.2 Å². The highest BCUT2D eigenvalue weighted by molar-refractivity contribution is 9.10. The molecule has 0 atom stereocenters. The van der Waals surface area contributed by atoms with Gasteiger partial charge in [-0.2, -0.15) is 0 Å². The molecule has 98 valence electrons. The van der Waals surface area contributed by atoms with Gasteiger partial charge in [0.15, 0.2) is 5.78 Å². The number of carbonyl (C=O) groups excluding carboxylic acids is 1. The number of para-hydroxylation sites is 1. The molecule has 0 unspecified atom stereocenters. The Hall–Kier alpha value is -2.07. The SMILES string of the molecule is O=C(Cc1ccnc2ccccc12)c1ccc(Br)cn1. The van der Waals surface area contributed by atoms with Crippen LogP contribution in [0.2, 0.25) is 0 Å². The summed E-state index contributed by atoms with van der Waals surface area (Å²) in [5.41, 5.74) is 2.36. The molecule has 20 heavy (non-hydrogen) atoms. The summed E-state index contributed by atoms with van der Waals surface area (Å²) in [6, 6.07) is 13.3. The first-order valence-corrected chi connectivity index (χ1v) is 7.01. The minimum Gasteiger partial charge on any atom is -0.292 e. The molecule has 0 bridgehead atoms. The standard InChI is InChI=1S/C16H11BrN2O/c17-12-5-6-15(19-10-12)16(20)9-11-7-8-18-14-4-2-1-3-13(11)14/h1-8,10H,9H2. The van der Waals surface area contributed by atoms with Gasteiger partial charge in [0.05, 0.1) is 5.52 Å². The van der Waals surface area contributed by atoms with E-state index >= 15 is 0 Å². The second kappa shape index (κ2) is 5.51. The molecule has 0 saturated heterocycles. The van der Waals surface area contributed by atoms with Crippen LogP contribution in [0.15, 0.2) is 59.3 Å². The molecule has 0 aliphatic carbocycles. The number of hydrogen-bond acceptors (Lipinski definition) is 3. The fourth-order valence-corrected chi connectivity index (χ4v) is 2.35. The Labute approximate surface area is 124 Å². The van der Waals surface area contributed by atoms with Crippen LogP contribution in [-0.2, 0) is 6.42 Å². The molecule has 1 aromatic carbocycles. The van der Waals surface area contributed by atoms with E-state index in [4.69, 9.17) is 0 Å². The van der Waals surface area contributed by atoms with Crippen LogP contribution in [0.4, 0.5) is 0 Å². The van der Waals surface area contributed by atoms with E-state index in [1.165, 1.54) is 0 Å². The van der Waals surface area contributed by atoms with Gasteiger partial charge in [-0.15, -0.1) is 0 Å². The van der Waals surface area contributed by atoms with Crippen LogP contribution in [0, 0.1) is 0 Å². The molecule has 2 aromatic heterocycles. The molecular formula is C16H11BrN2O. The van der Waals surface area contributed by atoms with Crippen LogP contribution in [0.5, 0.6) is 0 Å². The summed E-state index contributed by atoms with van der Waals surface area (Å²) in [6.45, 7) is 0. The number of nitrogens with zero attached hydrogens (tertiary/aromatic N) is 2. The lowest BCUT2D eigenvalue weighted by atomic mass is 10.0. The first kappa shape index (κ1) is 12.9. The quantitative estimate of drug-likeness (QED) is 0.687. The van der Waals surface area contributed by atoms with Crippen LogP contribution in [0.1, 0.15) is 16.1 Å². The summed E-state index contributed by atoms with van der Waals surface area (Å²) < 4.78 is 0.864. The van der Waals surface area contributed by atoms with Crippen LogP contribution >= 0.6 is 15.9 Å². The lowest BCUT2D eigenvalue weighted by Gasteiger charge is -2.05. The average Bonchev–Trinajstić information content (AvgIpc) is 2.48. The Balaban J connectivity index is 1.93. The number of aromatic nitrogens is 2. The van der Waals surface area contributed by atoms with Crippen LogP contribution in [0.3, 0.4) is 0 Å². The number of Topliss-reactive ketones (excluding diaryl/α,β-unsaturated/α-hetero) is 1. The fraction of sp³-hybridized carbons (Fsp3) is 0.0625. The van der Waals surface area contributed by atoms with Crippen molar-refractivity contribution in [2.75, 3.05) is 0 Å². The maximum absolute atomic E-state index is 12.3. The highest BCUT2D eigenvalue weighted by Crippen LogP contribution is 2.18. The Morgan fingerprint density at radius 3 is 2.70 bits per heavy atom. The third-order valence-electron chi connectivity index (χ3n) is 3.10. The molecule has 0 fully saturated rings. The molecule has 4 heteroatoms. The second-order valence-electron chi connectivity index (χ2n) is 4.45. The summed E-state index contributed by atoms with van der Waals surface area (Å²) >= 11 is 3.31. The molecule has 0 spiro atoms. The second-order valence-corrected chi connectivity index (χ2v) is 5.36. The minimum atomic E-state index is 0.00820. The molecule has 0 radical (unpaired) electrons. The van der Waals surface area contributed by atoms with E-state index in [1.54, 1.807) is 18.5 Å². The topological polar surface area (TPSA) is 42.9 Å². The smallest absolute Gasteiger partial charge is 0.185 e. The van der Waals surface area contributed by atoms with Gasteiger partial charge in [0.2, 0.25) is 0 Å². The van der Waals surface area contributed by atoms with Gasteiger partial charge in [0.25, 0.3) is 0 Å². The van der Waals surface area contributed by atoms with Crippen LogP contribution in [0.25, 0.3) is 10.9 Å². The fourth-order valence-electron chi connectivity index (χ4n) is 2.11. The number of pyridine rings is 2. The number of fused-ring (bicyclic) bond motifs is 1. The lowest BCUT2D eigenvalue weighted by molar-refractivity contribution is 0.0988. The molecular weight excluding hydrogens is 316 g/mol. The molecule has 0 saturated carbocycles.